The first-order valence-electron chi connectivity index (χ1n) is 10.9. The lowest BCUT2D eigenvalue weighted by molar-refractivity contribution is 0.133. The number of pyridine rings is 1. The van der Waals surface area contributed by atoms with E-state index in [-0.39, 0.29) is 6.04 Å². The van der Waals surface area contributed by atoms with Crippen molar-refractivity contribution in [2.45, 2.75) is 18.9 Å². The van der Waals surface area contributed by atoms with E-state index in [9.17, 15) is 15.2 Å². The van der Waals surface area contributed by atoms with Gasteiger partial charge < -0.3 is 14.9 Å². The molecule has 34 heavy (non-hydrogen) atoms. The Balaban J connectivity index is 1.51. The maximum absolute atomic E-state index is 11.4. The lowest BCUT2D eigenvalue weighted by Gasteiger charge is -2.37. The molecule has 1 N–H and O–H groups in total. The molecule has 11 nitrogen and oxygen atoms in total. The molecule has 1 amide bonds. The van der Waals surface area contributed by atoms with Gasteiger partial charge in [0.05, 0.1) is 36.0 Å². The molecule has 0 unspecified atom stereocenters. The molecule has 0 saturated carbocycles. The highest BCUT2D eigenvalue weighted by Gasteiger charge is 2.26. The van der Waals surface area contributed by atoms with Gasteiger partial charge in [-0.1, -0.05) is 0 Å². The SMILES string of the molecule is CN(C(=O)O)[C@H]1CCCN(c2ccc(-c3nc(-c4cnn(C)c4)cn4ncc(C#N)c34)cn2)C1. The summed E-state index contributed by atoms with van der Waals surface area (Å²) in [6.07, 6.45) is 9.45. The quantitative estimate of drug-likeness (QED) is 0.495. The minimum atomic E-state index is -0.923. The molecule has 4 aromatic rings. The topological polar surface area (TPSA) is 128 Å². The summed E-state index contributed by atoms with van der Waals surface area (Å²) in [7, 11) is 3.45. The van der Waals surface area contributed by atoms with Crippen LogP contribution >= 0.6 is 0 Å². The van der Waals surface area contributed by atoms with Crippen molar-refractivity contribution in [1.29, 1.82) is 5.26 Å². The number of hydrogen-bond donors (Lipinski definition) is 1. The third-order valence-electron chi connectivity index (χ3n) is 6.21. The fraction of sp³-hybridized carbons (Fsp3) is 0.304. The molecule has 5 heterocycles. The van der Waals surface area contributed by atoms with Gasteiger partial charge in [-0.3, -0.25) is 4.68 Å². The van der Waals surface area contributed by atoms with Crippen LogP contribution in [-0.2, 0) is 7.05 Å². The molecule has 11 heteroatoms. The highest BCUT2D eigenvalue weighted by molar-refractivity contribution is 5.83. The number of carbonyl (C=O) groups is 1. The van der Waals surface area contributed by atoms with Crippen LogP contribution in [0.1, 0.15) is 18.4 Å². The van der Waals surface area contributed by atoms with E-state index in [1.165, 1.54) is 11.1 Å². The van der Waals surface area contributed by atoms with E-state index in [1.807, 2.05) is 25.4 Å². The van der Waals surface area contributed by atoms with E-state index in [0.29, 0.717) is 29.0 Å². The average molecular weight is 457 g/mol. The molecule has 0 aromatic carbocycles. The minimum absolute atomic E-state index is 0.0739. The molecule has 4 aromatic heterocycles. The normalized spacial score (nSPS) is 15.9. The van der Waals surface area contributed by atoms with Crippen LogP contribution in [0.25, 0.3) is 28.0 Å². The second-order valence-electron chi connectivity index (χ2n) is 8.38. The number of nitrogens with zero attached hydrogens (tertiary/aromatic N) is 9. The van der Waals surface area contributed by atoms with Crippen molar-refractivity contribution < 1.29 is 9.90 Å². The van der Waals surface area contributed by atoms with Gasteiger partial charge in [0.25, 0.3) is 0 Å². The number of carboxylic acid groups (broad SMARTS) is 1. The zero-order valence-electron chi connectivity index (χ0n) is 18.8. The Morgan fingerprint density at radius 2 is 2.06 bits per heavy atom. The van der Waals surface area contributed by atoms with Gasteiger partial charge >= 0.3 is 6.09 Å². The van der Waals surface area contributed by atoms with Gasteiger partial charge in [-0.25, -0.2) is 19.3 Å². The van der Waals surface area contributed by atoms with Crippen molar-refractivity contribution in [3.8, 4) is 28.6 Å². The predicted molar refractivity (Wildman–Crippen MR) is 124 cm³/mol. The van der Waals surface area contributed by atoms with Crippen molar-refractivity contribution >= 4 is 17.4 Å². The van der Waals surface area contributed by atoms with E-state index in [2.05, 4.69) is 26.2 Å². The number of likely N-dealkylation sites (N-methyl/N-ethyl adjacent to an activating group) is 1. The molecule has 0 radical (unpaired) electrons. The molecule has 0 bridgehead atoms. The van der Waals surface area contributed by atoms with E-state index in [4.69, 9.17) is 4.98 Å². The van der Waals surface area contributed by atoms with Crippen LogP contribution < -0.4 is 4.90 Å². The molecule has 172 valence electrons. The third kappa shape index (κ3) is 3.79. The number of fused-ring (bicyclic) bond motifs is 1. The van der Waals surface area contributed by atoms with E-state index < -0.39 is 6.09 Å². The number of amides is 1. The van der Waals surface area contributed by atoms with Gasteiger partial charge in [-0.15, -0.1) is 0 Å². The highest BCUT2D eigenvalue weighted by atomic mass is 16.4. The number of nitriles is 1. The Hall–Kier alpha value is -4.46. The molecular weight excluding hydrogens is 434 g/mol. The molecule has 1 fully saturated rings. The summed E-state index contributed by atoms with van der Waals surface area (Å²) in [5.74, 6) is 0.778. The van der Waals surface area contributed by atoms with Gasteiger partial charge in [0, 0.05) is 50.7 Å². The molecule has 0 spiro atoms. The van der Waals surface area contributed by atoms with Gasteiger partial charge in [0.15, 0.2) is 0 Å². The minimum Gasteiger partial charge on any atom is -0.465 e. The molecule has 5 rings (SSSR count). The van der Waals surface area contributed by atoms with Crippen LogP contribution in [0.4, 0.5) is 10.6 Å². The van der Waals surface area contributed by atoms with Gasteiger partial charge in [-0.2, -0.15) is 15.5 Å². The van der Waals surface area contributed by atoms with Crippen molar-refractivity contribution in [1.82, 2.24) is 34.3 Å². The number of rotatable bonds is 4. The summed E-state index contributed by atoms with van der Waals surface area (Å²) in [4.78, 5) is 24.3. The monoisotopic (exact) mass is 457 g/mol. The molecule has 0 aliphatic carbocycles. The summed E-state index contributed by atoms with van der Waals surface area (Å²) < 4.78 is 3.36. The summed E-state index contributed by atoms with van der Waals surface area (Å²) >= 11 is 0. The molecule has 1 aliphatic rings. The van der Waals surface area contributed by atoms with Crippen LogP contribution in [0.5, 0.6) is 0 Å². The average Bonchev–Trinajstić information content (AvgIpc) is 3.49. The van der Waals surface area contributed by atoms with Gasteiger partial charge in [0.2, 0.25) is 0 Å². The summed E-state index contributed by atoms with van der Waals surface area (Å²) in [5.41, 5.74) is 3.93. The van der Waals surface area contributed by atoms with E-state index in [1.54, 1.807) is 34.8 Å². The molecule has 1 atom stereocenters. The first-order valence-corrected chi connectivity index (χ1v) is 10.9. The number of anilines is 1. The summed E-state index contributed by atoms with van der Waals surface area (Å²) in [6.45, 7) is 1.41. The standard InChI is InChI=1S/C23H23N9O2/c1-29-12-17(11-26-29)19-14-32-22(16(8-24)10-27-32)21(28-19)15-5-6-20(25-9-15)31-7-3-4-18(13-31)30(2)23(33)34/h5-6,9-12,14,18H,3-4,7,13H2,1-2H3,(H,33,34)/t18-/m0/s1. The number of piperidine rings is 1. The molecular formula is C23H23N9O2. The summed E-state index contributed by atoms with van der Waals surface area (Å²) in [5, 5.41) is 27.5. The van der Waals surface area contributed by atoms with Crippen LogP contribution in [0.15, 0.2) is 43.1 Å². The Labute approximate surface area is 195 Å². The summed E-state index contributed by atoms with van der Waals surface area (Å²) in [6, 6.07) is 5.96. The second kappa shape index (κ2) is 8.47. The van der Waals surface area contributed by atoms with Crippen LogP contribution in [0, 0.1) is 11.3 Å². The number of aromatic nitrogens is 6. The van der Waals surface area contributed by atoms with Gasteiger partial charge in [-0.05, 0) is 25.0 Å². The van der Waals surface area contributed by atoms with Crippen molar-refractivity contribution in [2.75, 3.05) is 25.0 Å². The lowest BCUT2D eigenvalue weighted by atomic mass is 10.0. The zero-order chi connectivity index (χ0) is 23.8. The maximum atomic E-state index is 11.4. The van der Waals surface area contributed by atoms with E-state index in [0.717, 1.165) is 36.3 Å². The van der Waals surface area contributed by atoms with Crippen molar-refractivity contribution in [3.05, 3.63) is 48.7 Å². The largest absolute Gasteiger partial charge is 0.465 e. The van der Waals surface area contributed by atoms with Crippen LogP contribution in [0.2, 0.25) is 0 Å². The smallest absolute Gasteiger partial charge is 0.407 e. The fourth-order valence-electron chi connectivity index (χ4n) is 4.34. The van der Waals surface area contributed by atoms with Crippen LogP contribution in [0.3, 0.4) is 0 Å². The second-order valence-corrected chi connectivity index (χ2v) is 8.38. The first-order chi connectivity index (χ1) is 16.4. The first kappa shape index (κ1) is 21.4. The maximum Gasteiger partial charge on any atom is 0.407 e. The third-order valence-corrected chi connectivity index (χ3v) is 6.21. The Morgan fingerprint density at radius 3 is 2.74 bits per heavy atom. The Bertz CT molecular complexity index is 1400. The van der Waals surface area contributed by atoms with E-state index >= 15 is 0 Å². The molecule has 1 aliphatic heterocycles. The van der Waals surface area contributed by atoms with Crippen molar-refractivity contribution in [2.24, 2.45) is 7.05 Å². The van der Waals surface area contributed by atoms with Gasteiger partial charge in [0.1, 0.15) is 23.0 Å². The fourth-order valence-corrected chi connectivity index (χ4v) is 4.34. The van der Waals surface area contributed by atoms with Crippen LogP contribution in [-0.4, -0.2) is 71.6 Å². The number of hydrogen-bond acceptors (Lipinski definition) is 7. The lowest BCUT2D eigenvalue weighted by Crippen LogP contribution is -2.48. The highest BCUT2D eigenvalue weighted by Crippen LogP contribution is 2.30. The predicted octanol–water partition coefficient (Wildman–Crippen LogP) is 2.64. The Morgan fingerprint density at radius 1 is 1.21 bits per heavy atom. The molecule has 1 saturated heterocycles. The van der Waals surface area contributed by atoms with Crippen molar-refractivity contribution in [3.63, 3.8) is 0 Å². The number of aryl methyl sites for hydroxylation is 1. The zero-order valence-corrected chi connectivity index (χ0v) is 18.8. The Kier molecular flexibility index (Phi) is 5.33.